The molecule has 0 saturated carbocycles. The Balaban J connectivity index is 2.29. The van der Waals surface area contributed by atoms with E-state index in [1.807, 2.05) is 0 Å². The van der Waals surface area contributed by atoms with Gasteiger partial charge in [-0.05, 0) is 0 Å². The van der Waals surface area contributed by atoms with E-state index in [1.54, 1.807) is 0 Å². The van der Waals surface area contributed by atoms with Gasteiger partial charge in [-0.2, -0.15) is 0 Å². The van der Waals surface area contributed by atoms with Crippen molar-refractivity contribution < 1.29 is 19.4 Å². The van der Waals surface area contributed by atoms with Crippen molar-refractivity contribution in [2.45, 2.75) is 16.7 Å². The molecule has 0 bridgehead atoms. The van der Waals surface area contributed by atoms with E-state index in [-0.39, 0.29) is 11.7 Å². The van der Waals surface area contributed by atoms with Gasteiger partial charge in [0.2, 0.25) is 0 Å². The van der Waals surface area contributed by atoms with Crippen LogP contribution < -0.4 is 0 Å². The average molecular weight is 331 g/mol. The van der Waals surface area contributed by atoms with Crippen LogP contribution in [0.5, 0.6) is 0 Å². The molecule has 1 aliphatic rings. The summed E-state index contributed by atoms with van der Waals surface area (Å²) in [6, 6.07) is 2.78. The average Bonchev–Trinajstić information content (AvgIpc) is 2.32. The molecule has 0 aliphatic carbocycles. The molecule has 1 aromatic rings. The maximum atomic E-state index is 11.7. The van der Waals surface area contributed by atoms with E-state index in [0.717, 1.165) is 28.8 Å². The number of esters is 1. The summed E-state index contributed by atoms with van der Waals surface area (Å²) in [5.74, 6) is -0.757. The Morgan fingerprint density at radius 3 is 2.05 bits per heavy atom. The van der Waals surface area contributed by atoms with Gasteiger partial charge in [0.05, 0.1) is 0 Å². The summed E-state index contributed by atoms with van der Waals surface area (Å²) in [5, 5.41) is 23.0. The number of ether oxygens (including phenoxy) is 1. The summed E-state index contributed by atoms with van der Waals surface area (Å²) in [7, 11) is 0. The topological polar surface area (TPSA) is 113 Å². The van der Waals surface area contributed by atoms with E-state index in [2.05, 4.69) is 0 Å². The van der Waals surface area contributed by atoms with Crippen LogP contribution in [0, 0.1) is 20.2 Å². The number of benzene rings is 1. The van der Waals surface area contributed by atoms with E-state index in [1.165, 1.54) is 0 Å². The Labute approximate surface area is 113 Å². The molecule has 8 nitrogen and oxygen atoms in total. The van der Waals surface area contributed by atoms with E-state index in [0.29, 0.717) is 15.0 Å². The standard InChI is InChI=1S/C10H8N2O6Se/c13-10(18-9-4-19-5-9)6-1-7(11(14)15)3-8(2-6)12(16)17/h1-3,9H,4-5H2. The molecule has 0 unspecified atom stereocenters. The third-order valence-corrected chi connectivity index (χ3v) is 4.99. The molecule has 0 spiro atoms. The fourth-order valence-electron chi connectivity index (χ4n) is 1.43. The first-order chi connectivity index (χ1) is 8.97. The van der Waals surface area contributed by atoms with Crippen molar-refractivity contribution in [3.05, 3.63) is 44.0 Å². The molecule has 1 aliphatic heterocycles. The number of rotatable bonds is 4. The molecule has 2 rings (SSSR count). The SMILES string of the molecule is O=C(OC1C[Se]C1)c1cc([N+](=O)[O-])cc([N+](=O)[O-])c1. The second-order valence-corrected chi connectivity index (χ2v) is 6.07. The van der Waals surface area contributed by atoms with Crippen molar-refractivity contribution in [3.8, 4) is 0 Å². The van der Waals surface area contributed by atoms with Crippen molar-refractivity contribution in [2.75, 3.05) is 0 Å². The van der Waals surface area contributed by atoms with Crippen LogP contribution in [0.15, 0.2) is 18.2 Å². The zero-order valence-corrected chi connectivity index (χ0v) is 11.2. The molecule has 1 heterocycles. The number of non-ortho nitro benzene ring substituents is 2. The Bertz CT molecular complexity index is 525. The van der Waals surface area contributed by atoms with E-state index < -0.39 is 27.2 Å². The predicted octanol–water partition coefficient (Wildman–Crippen LogP) is 1.58. The first-order valence-electron chi connectivity index (χ1n) is 5.20. The molecule has 19 heavy (non-hydrogen) atoms. The van der Waals surface area contributed by atoms with Crippen LogP contribution in [-0.2, 0) is 4.74 Å². The normalized spacial score (nSPS) is 14.5. The van der Waals surface area contributed by atoms with E-state index in [4.69, 9.17) is 4.74 Å². The van der Waals surface area contributed by atoms with Gasteiger partial charge in [0, 0.05) is 0 Å². The minimum atomic E-state index is -0.782. The molecule has 9 heteroatoms. The first-order valence-corrected chi connectivity index (χ1v) is 7.62. The van der Waals surface area contributed by atoms with Gasteiger partial charge < -0.3 is 0 Å². The van der Waals surface area contributed by atoms with Crippen molar-refractivity contribution in [1.82, 2.24) is 0 Å². The number of nitro groups is 2. The molecule has 1 fully saturated rings. The summed E-state index contributed by atoms with van der Waals surface area (Å²) in [4.78, 5) is 31.5. The molecule has 1 aromatic carbocycles. The molecule has 0 aromatic heterocycles. The minimum absolute atomic E-state index is 0.161. The van der Waals surface area contributed by atoms with Gasteiger partial charge in [0.15, 0.2) is 0 Å². The van der Waals surface area contributed by atoms with Crippen molar-refractivity contribution in [2.24, 2.45) is 0 Å². The summed E-state index contributed by atoms with van der Waals surface area (Å²) in [6.07, 6.45) is -0.161. The molecular weight excluding hydrogens is 323 g/mol. The number of carbonyl (C=O) groups is 1. The van der Waals surface area contributed by atoms with Gasteiger partial charge in [-0.3, -0.25) is 0 Å². The van der Waals surface area contributed by atoms with Crippen LogP contribution in [0.3, 0.4) is 0 Å². The fraction of sp³-hybridized carbons (Fsp3) is 0.300. The van der Waals surface area contributed by atoms with Gasteiger partial charge in [-0.1, -0.05) is 0 Å². The van der Waals surface area contributed by atoms with Gasteiger partial charge in [0.1, 0.15) is 0 Å². The first kappa shape index (κ1) is 13.4. The third kappa shape index (κ3) is 3.07. The third-order valence-electron chi connectivity index (χ3n) is 2.44. The van der Waals surface area contributed by atoms with Crippen LogP contribution in [0.25, 0.3) is 0 Å². The Morgan fingerprint density at radius 2 is 1.68 bits per heavy atom. The van der Waals surface area contributed by atoms with Crippen LogP contribution in [0.4, 0.5) is 11.4 Å². The Morgan fingerprint density at radius 1 is 1.16 bits per heavy atom. The van der Waals surface area contributed by atoms with Crippen LogP contribution >= 0.6 is 0 Å². The predicted molar refractivity (Wildman–Crippen MR) is 64.3 cm³/mol. The number of nitro benzene ring substituents is 2. The van der Waals surface area contributed by atoms with Gasteiger partial charge in [-0.15, -0.1) is 0 Å². The van der Waals surface area contributed by atoms with E-state index in [9.17, 15) is 25.0 Å². The zero-order valence-electron chi connectivity index (χ0n) is 9.48. The molecule has 0 atom stereocenters. The molecule has 0 N–H and O–H groups in total. The van der Waals surface area contributed by atoms with Gasteiger partial charge >= 0.3 is 112 Å². The number of carbonyl (C=O) groups excluding carboxylic acids is 1. The molecule has 1 saturated heterocycles. The Kier molecular flexibility index (Phi) is 3.77. The molecular formula is C10H8N2O6Se. The number of hydrogen-bond donors (Lipinski definition) is 0. The molecule has 0 radical (unpaired) electrons. The summed E-state index contributed by atoms with van der Waals surface area (Å²) in [6.45, 7) is 0. The number of hydrogen-bond acceptors (Lipinski definition) is 6. The van der Waals surface area contributed by atoms with Crippen LogP contribution in [0.1, 0.15) is 10.4 Å². The molecule has 100 valence electrons. The fourth-order valence-corrected chi connectivity index (χ4v) is 2.61. The van der Waals surface area contributed by atoms with Crippen molar-refractivity contribution in [3.63, 3.8) is 0 Å². The van der Waals surface area contributed by atoms with Gasteiger partial charge in [0.25, 0.3) is 0 Å². The monoisotopic (exact) mass is 332 g/mol. The summed E-state index contributed by atoms with van der Waals surface area (Å²) >= 11 is 0.486. The second-order valence-electron chi connectivity index (χ2n) is 3.82. The molecule has 0 amide bonds. The summed E-state index contributed by atoms with van der Waals surface area (Å²) in [5.41, 5.74) is -1.17. The second kappa shape index (κ2) is 5.33. The van der Waals surface area contributed by atoms with Gasteiger partial charge in [-0.25, -0.2) is 0 Å². The zero-order chi connectivity index (χ0) is 14.0. The van der Waals surface area contributed by atoms with E-state index >= 15 is 0 Å². The van der Waals surface area contributed by atoms with Crippen molar-refractivity contribution in [1.29, 1.82) is 0 Å². The van der Waals surface area contributed by atoms with Crippen molar-refractivity contribution >= 4 is 32.3 Å². The summed E-state index contributed by atoms with van der Waals surface area (Å²) < 4.78 is 5.07. The quantitative estimate of drug-likeness (QED) is 0.358. The maximum absolute atomic E-state index is 11.7. The van der Waals surface area contributed by atoms with Crippen LogP contribution in [0.2, 0.25) is 10.6 Å². The Hall–Kier alpha value is -1.99. The van der Waals surface area contributed by atoms with Crippen LogP contribution in [-0.4, -0.2) is 36.9 Å². The number of nitrogens with zero attached hydrogens (tertiary/aromatic N) is 2.